The van der Waals surface area contributed by atoms with E-state index in [-0.39, 0.29) is 0 Å². The van der Waals surface area contributed by atoms with Crippen molar-refractivity contribution < 1.29 is 4.74 Å². The minimum atomic E-state index is 0.617. The molecule has 3 nitrogen and oxygen atoms in total. The van der Waals surface area contributed by atoms with Crippen molar-refractivity contribution in [2.45, 2.75) is 32.9 Å². The van der Waals surface area contributed by atoms with Crippen molar-refractivity contribution in [3.63, 3.8) is 0 Å². The summed E-state index contributed by atoms with van der Waals surface area (Å²) in [4.78, 5) is 2.41. The van der Waals surface area contributed by atoms with E-state index in [9.17, 15) is 0 Å². The molecule has 1 fully saturated rings. The summed E-state index contributed by atoms with van der Waals surface area (Å²) in [7, 11) is 2.21. The van der Waals surface area contributed by atoms with E-state index in [1.807, 2.05) is 13.0 Å². The summed E-state index contributed by atoms with van der Waals surface area (Å²) >= 11 is 0. The van der Waals surface area contributed by atoms with Gasteiger partial charge in [-0.15, -0.1) is 0 Å². The van der Waals surface area contributed by atoms with Crippen LogP contribution < -0.4 is 10.1 Å². The molecule has 1 saturated heterocycles. The molecule has 0 radical (unpaired) electrons. The van der Waals surface area contributed by atoms with Gasteiger partial charge in [0, 0.05) is 24.7 Å². The lowest BCUT2D eigenvalue weighted by Gasteiger charge is -2.35. The third-order valence-electron chi connectivity index (χ3n) is 3.94. The van der Waals surface area contributed by atoms with E-state index in [0.29, 0.717) is 12.0 Å². The zero-order valence-electron chi connectivity index (χ0n) is 12.4. The normalized spacial score (nSPS) is 24.4. The van der Waals surface area contributed by atoms with Crippen LogP contribution in [0.3, 0.4) is 0 Å². The first-order valence-electron chi connectivity index (χ1n) is 7.33. The average molecular weight is 262 g/mol. The summed E-state index contributed by atoms with van der Waals surface area (Å²) in [6.45, 7) is 8.36. The highest BCUT2D eigenvalue weighted by Crippen LogP contribution is 2.20. The smallest absolute Gasteiger partial charge is 0.123 e. The molecule has 1 aliphatic rings. The summed E-state index contributed by atoms with van der Waals surface area (Å²) in [5.41, 5.74) is 1.26. The van der Waals surface area contributed by atoms with Crippen LogP contribution in [0.5, 0.6) is 5.75 Å². The molecular formula is C16H26N2O. The van der Waals surface area contributed by atoms with Crippen molar-refractivity contribution in [1.82, 2.24) is 10.2 Å². The molecule has 0 saturated carbocycles. The maximum Gasteiger partial charge on any atom is 0.123 e. The predicted octanol–water partition coefficient (Wildman–Crippen LogP) is 2.52. The topological polar surface area (TPSA) is 24.5 Å². The molecule has 1 aromatic rings. The molecule has 2 unspecified atom stereocenters. The molecule has 0 bridgehead atoms. The lowest BCUT2D eigenvalue weighted by atomic mass is 9.94. The van der Waals surface area contributed by atoms with Crippen LogP contribution in [-0.4, -0.2) is 37.7 Å². The van der Waals surface area contributed by atoms with Gasteiger partial charge in [-0.25, -0.2) is 0 Å². The molecule has 106 valence electrons. The van der Waals surface area contributed by atoms with Crippen molar-refractivity contribution in [2.75, 3.05) is 26.7 Å². The maximum atomic E-state index is 5.67. The van der Waals surface area contributed by atoms with Crippen LogP contribution in [0.2, 0.25) is 0 Å². The minimum absolute atomic E-state index is 0.617. The van der Waals surface area contributed by atoms with E-state index in [1.54, 1.807) is 0 Å². The van der Waals surface area contributed by atoms with Gasteiger partial charge in [-0.2, -0.15) is 0 Å². The van der Waals surface area contributed by atoms with Crippen LogP contribution in [-0.2, 0) is 6.54 Å². The number of nitrogens with zero attached hydrogens (tertiary/aromatic N) is 1. The Morgan fingerprint density at radius 3 is 2.89 bits per heavy atom. The van der Waals surface area contributed by atoms with Crippen LogP contribution in [0.1, 0.15) is 25.8 Å². The Hall–Kier alpha value is -1.06. The average Bonchev–Trinajstić information content (AvgIpc) is 2.40. The molecule has 0 spiro atoms. The zero-order chi connectivity index (χ0) is 13.7. The number of para-hydroxylation sites is 1. The highest BCUT2D eigenvalue weighted by Gasteiger charge is 2.23. The third kappa shape index (κ3) is 3.95. The van der Waals surface area contributed by atoms with Gasteiger partial charge in [0.05, 0.1) is 6.61 Å². The largest absolute Gasteiger partial charge is 0.494 e. The van der Waals surface area contributed by atoms with Crippen molar-refractivity contribution >= 4 is 0 Å². The van der Waals surface area contributed by atoms with E-state index in [1.165, 1.54) is 25.1 Å². The van der Waals surface area contributed by atoms with Crippen LogP contribution in [0, 0.1) is 5.92 Å². The third-order valence-corrected chi connectivity index (χ3v) is 3.94. The number of rotatable bonds is 5. The van der Waals surface area contributed by atoms with Gasteiger partial charge >= 0.3 is 0 Å². The second-order valence-electron chi connectivity index (χ2n) is 5.56. The standard InChI is InChI=1S/C16H26N2O/c1-4-19-16-8-6-5-7-14(16)11-17-15-9-10-18(3)12-13(15)2/h5-8,13,15,17H,4,9-12H2,1-3H3. The number of ether oxygens (including phenoxy) is 1. The predicted molar refractivity (Wildman–Crippen MR) is 79.5 cm³/mol. The van der Waals surface area contributed by atoms with Gasteiger partial charge in [0.15, 0.2) is 0 Å². The van der Waals surface area contributed by atoms with E-state index in [2.05, 4.69) is 42.4 Å². The number of hydrogen-bond donors (Lipinski definition) is 1. The van der Waals surface area contributed by atoms with Gasteiger partial charge in [-0.05, 0) is 38.9 Å². The fourth-order valence-corrected chi connectivity index (χ4v) is 2.84. The van der Waals surface area contributed by atoms with E-state index in [4.69, 9.17) is 4.74 Å². The minimum Gasteiger partial charge on any atom is -0.494 e. The molecule has 3 heteroatoms. The Kier molecular flexibility index (Phi) is 5.23. The van der Waals surface area contributed by atoms with Crippen LogP contribution >= 0.6 is 0 Å². The Morgan fingerprint density at radius 1 is 1.37 bits per heavy atom. The highest BCUT2D eigenvalue weighted by atomic mass is 16.5. The number of nitrogens with one attached hydrogen (secondary N) is 1. The second-order valence-corrected chi connectivity index (χ2v) is 5.56. The molecule has 1 N–H and O–H groups in total. The van der Waals surface area contributed by atoms with Crippen molar-refractivity contribution in [1.29, 1.82) is 0 Å². The molecule has 19 heavy (non-hydrogen) atoms. The zero-order valence-corrected chi connectivity index (χ0v) is 12.4. The molecule has 0 aliphatic carbocycles. The Bertz CT molecular complexity index is 394. The molecule has 1 aliphatic heterocycles. The number of likely N-dealkylation sites (tertiary alicyclic amines) is 1. The summed E-state index contributed by atoms with van der Waals surface area (Å²) in [5, 5.41) is 3.70. The maximum absolute atomic E-state index is 5.67. The lowest BCUT2D eigenvalue weighted by molar-refractivity contribution is 0.174. The van der Waals surface area contributed by atoms with Gasteiger partial charge in [-0.3, -0.25) is 0 Å². The first-order valence-corrected chi connectivity index (χ1v) is 7.33. The number of hydrogen-bond acceptors (Lipinski definition) is 3. The summed E-state index contributed by atoms with van der Waals surface area (Å²) < 4.78 is 5.67. The SMILES string of the molecule is CCOc1ccccc1CNC1CCN(C)CC1C. The number of benzene rings is 1. The van der Waals surface area contributed by atoms with Gasteiger partial charge in [0.2, 0.25) is 0 Å². The van der Waals surface area contributed by atoms with Crippen LogP contribution in [0.15, 0.2) is 24.3 Å². The molecule has 1 aromatic carbocycles. The fraction of sp³-hybridized carbons (Fsp3) is 0.625. The molecular weight excluding hydrogens is 236 g/mol. The Balaban J connectivity index is 1.91. The quantitative estimate of drug-likeness (QED) is 0.882. The summed E-state index contributed by atoms with van der Waals surface area (Å²) in [6.07, 6.45) is 1.23. The van der Waals surface area contributed by atoms with Crippen LogP contribution in [0.4, 0.5) is 0 Å². The highest BCUT2D eigenvalue weighted by molar-refractivity contribution is 5.33. The van der Waals surface area contributed by atoms with E-state index >= 15 is 0 Å². The molecule has 1 heterocycles. The van der Waals surface area contributed by atoms with Gasteiger partial charge in [0.25, 0.3) is 0 Å². The van der Waals surface area contributed by atoms with Crippen LogP contribution in [0.25, 0.3) is 0 Å². The van der Waals surface area contributed by atoms with Gasteiger partial charge < -0.3 is 15.0 Å². The van der Waals surface area contributed by atoms with Gasteiger partial charge in [-0.1, -0.05) is 25.1 Å². The van der Waals surface area contributed by atoms with Gasteiger partial charge in [0.1, 0.15) is 5.75 Å². The first kappa shape index (κ1) is 14.4. The Labute approximate surface area is 116 Å². The lowest BCUT2D eigenvalue weighted by Crippen LogP contribution is -2.46. The van der Waals surface area contributed by atoms with Crippen molar-refractivity contribution in [2.24, 2.45) is 5.92 Å². The molecule has 0 aromatic heterocycles. The summed E-state index contributed by atoms with van der Waals surface area (Å²) in [6, 6.07) is 8.94. The molecule has 2 rings (SSSR count). The monoisotopic (exact) mass is 262 g/mol. The molecule has 2 atom stereocenters. The van der Waals surface area contributed by atoms with Crippen molar-refractivity contribution in [3.05, 3.63) is 29.8 Å². The second kappa shape index (κ2) is 6.92. The van der Waals surface area contributed by atoms with Crippen molar-refractivity contribution in [3.8, 4) is 5.75 Å². The first-order chi connectivity index (χ1) is 9.20. The number of piperidine rings is 1. The van der Waals surface area contributed by atoms with E-state index < -0.39 is 0 Å². The summed E-state index contributed by atoms with van der Waals surface area (Å²) in [5.74, 6) is 1.72. The Morgan fingerprint density at radius 2 is 2.16 bits per heavy atom. The van der Waals surface area contributed by atoms with E-state index in [0.717, 1.165) is 18.9 Å². The fourth-order valence-electron chi connectivity index (χ4n) is 2.84. The molecule has 0 amide bonds.